The van der Waals surface area contributed by atoms with Gasteiger partial charge >= 0.3 is 0 Å². The van der Waals surface area contributed by atoms with Crippen molar-refractivity contribution in [3.8, 4) is 0 Å². The fourth-order valence-corrected chi connectivity index (χ4v) is 3.65. The van der Waals surface area contributed by atoms with Crippen LogP contribution < -0.4 is 5.32 Å². The number of hydrogen-bond acceptors (Lipinski definition) is 3. The van der Waals surface area contributed by atoms with E-state index in [0.29, 0.717) is 5.41 Å². The molecule has 0 amide bonds. The molecule has 0 bridgehead atoms. The van der Waals surface area contributed by atoms with Crippen LogP contribution in [0.15, 0.2) is 24.4 Å². The summed E-state index contributed by atoms with van der Waals surface area (Å²) < 4.78 is 0. The van der Waals surface area contributed by atoms with Gasteiger partial charge in [0, 0.05) is 25.0 Å². The summed E-state index contributed by atoms with van der Waals surface area (Å²) in [5, 5.41) is 11.9. The normalized spacial score (nSPS) is 27.8. The van der Waals surface area contributed by atoms with Crippen molar-refractivity contribution in [2.45, 2.75) is 19.4 Å². The highest BCUT2D eigenvalue weighted by atomic mass is 15.2. The number of likely N-dealkylation sites (tertiary alicyclic amines) is 1. The summed E-state index contributed by atoms with van der Waals surface area (Å²) in [5.74, 6) is 0. The molecule has 4 rings (SSSR count). The molecule has 2 aliphatic heterocycles. The first-order chi connectivity index (χ1) is 9.33. The summed E-state index contributed by atoms with van der Waals surface area (Å²) in [6.45, 7) is 5.97. The third-order valence-electron chi connectivity index (χ3n) is 4.76. The van der Waals surface area contributed by atoms with Crippen molar-refractivity contribution in [3.05, 3.63) is 30.0 Å². The molecule has 19 heavy (non-hydrogen) atoms. The number of rotatable bonds is 2. The van der Waals surface area contributed by atoms with Gasteiger partial charge in [0.1, 0.15) is 0 Å². The fourth-order valence-electron chi connectivity index (χ4n) is 3.65. The Morgan fingerprint density at radius 2 is 2.32 bits per heavy atom. The number of fused-ring (bicyclic) bond motifs is 1. The molecule has 1 aromatic heterocycles. The van der Waals surface area contributed by atoms with Crippen LogP contribution in [0.3, 0.4) is 0 Å². The van der Waals surface area contributed by atoms with E-state index in [1.165, 1.54) is 50.0 Å². The van der Waals surface area contributed by atoms with Crippen LogP contribution in [0.2, 0.25) is 0 Å². The molecule has 2 N–H and O–H groups in total. The Morgan fingerprint density at radius 1 is 1.32 bits per heavy atom. The van der Waals surface area contributed by atoms with Crippen LogP contribution >= 0.6 is 0 Å². The zero-order valence-corrected chi connectivity index (χ0v) is 11.2. The molecular formula is C15H20N4. The van der Waals surface area contributed by atoms with Crippen molar-refractivity contribution in [2.75, 3.05) is 26.2 Å². The zero-order chi connectivity index (χ0) is 12.7. The van der Waals surface area contributed by atoms with Gasteiger partial charge in [-0.25, -0.2) is 0 Å². The summed E-state index contributed by atoms with van der Waals surface area (Å²) in [7, 11) is 0. The summed E-state index contributed by atoms with van der Waals surface area (Å²) in [6.07, 6.45) is 4.59. The maximum Gasteiger partial charge on any atom is 0.0653 e. The molecule has 0 aliphatic carbocycles. The van der Waals surface area contributed by atoms with E-state index in [2.05, 4.69) is 38.6 Å². The molecule has 100 valence electrons. The Labute approximate surface area is 113 Å². The summed E-state index contributed by atoms with van der Waals surface area (Å²) in [6, 6.07) is 6.63. The van der Waals surface area contributed by atoms with E-state index in [0.717, 1.165) is 12.1 Å². The van der Waals surface area contributed by atoms with E-state index >= 15 is 0 Å². The Balaban J connectivity index is 1.49. The highest BCUT2D eigenvalue weighted by Gasteiger charge is 2.39. The highest BCUT2D eigenvalue weighted by molar-refractivity contribution is 5.78. The SMILES string of the molecule is c1cc2cn[nH]c2cc1CN1CCC2(CCNC2)C1. The third kappa shape index (κ3) is 2.05. The van der Waals surface area contributed by atoms with Gasteiger partial charge < -0.3 is 5.32 Å². The van der Waals surface area contributed by atoms with E-state index < -0.39 is 0 Å². The van der Waals surface area contributed by atoms with E-state index in [1.807, 2.05) is 6.20 Å². The molecule has 2 fully saturated rings. The zero-order valence-electron chi connectivity index (χ0n) is 11.2. The van der Waals surface area contributed by atoms with Gasteiger partial charge in [-0.3, -0.25) is 10.00 Å². The highest BCUT2D eigenvalue weighted by Crippen LogP contribution is 2.36. The van der Waals surface area contributed by atoms with E-state index in [4.69, 9.17) is 0 Å². The Morgan fingerprint density at radius 3 is 3.21 bits per heavy atom. The predicted octanol–water partition coefficient (Wildman–Crippen LogP) is 1.75. The predicted molar refractivity (Wildman–Crippen MR) is 75.9 cm³/mol. The molecule has 2 aliphatic rings. The van der Waals surface area contributed by atoms with Crippen LogP contribution in [0.5, 0.6) is 0 Å². The van der Waals surface area contributed by atoms with Crippen molar-refractivity contribution >= 4 is 10.9 Å². The van der Waals surface area contributed by atoms with Crippen molar-refractivity contribution in [1.29, 1.82) is 0 Å². The van der Waals surface area contributed by atoms with Crippen molar-refractivity contribution in [1.82, 2.24) is 20.4 Å². The molecule has 1 atom stereocenters. The Kier molecular flexibility index (Phi) is 2.60. The van der Waals surface area contributed by atoms with Gasteiger partial charge in [-0.2, -0.15) is 5.10 Å². The number of benzene rings is 1. The van der Waals surface area contributed by atoms with Crippen LogP contribution in [0.1, 0.15) is 18.4 Å². The molecule has 2 saturated heterocycles. The lowest BCUT2D eigenvalue weighted by Crippen LogP contribution is -2.28. The topological polar surface area (TPSA) is 44.0 Å². The monoisotopic (exact) mass is 256 g/mol. The lowest BCUT2D eigenvalue weighted by atomic mass is 9.86. The van der Waals surface area contributed by atoms with Crippen LogP contribution in [0.4, 0.5) is 0 Å². The van der Waals surface area contributed by atoms with Gasteiger partial charge in [-0.05, 0) is 43.0 Å². The van der Waals surface area contributed by atoms with Gasteiger partial charge in [0.05, 0.1) is 11.7 Å². The van der Waals surface area contributed by atoms with Crippen LogP contribution in [0.25, 0.3) is 10.9 Å². The van der Waals surface area contributed by atoms with Crippen LogP contribution in [-0.4, -0.2) is 41.3 Å². The Hall–Kier alpha value is -1.39. The minimum atomic E-state index is 0.568. The first kappa shape index (κ1) is 11.4. The molecule has 0 saturated carbocycles. The average molecular weight is 256 g/mol. The van der Waals surface area contributed by atoms with E-state index in [9.17, 15) is 0 Å². The number of H-pyrrole nitrogens is 1. The quantitative estimate of drug-likeness (QED) is 0.860. The summed E-state index contributed by atoms with van der Waals surface area (Å²) >= 11 is 0. The first-order valence-electron chi connectivity index (χ1n) is 7.18. The molecule has 1 unspecified atom stereocenters. The molecule has 1 spiro atoms. The minimum Gasteiger partial charge on any atom is -0.316 e. The lowest BCUT2D eigenvalue weighted by molar-refractivity contribution is 0.269. The molecular weight excluding hydrogens is 236 g/mol. The standard InChI is InChI=1S/C15H20N4/c1-2-13-8-17-18-14(13)7-12(1)9-19-6-4-15(11-19)3-5-16-10-15/h1-2,7-8,16H,3-6,9-11H2,(H,17,18). The fraction of sp³-hybridized carbons (Fsp3) is 0.533. The number of aromatic amines is 1. The van der Waals surface area contributed by atoms with Gasteiger partial charge in [-0.15, -0.1) is 0 Å². The second-order valence-electron chi connectivity index (χ2n) is 6.18. The second-order valence-corrected chi connectivity index (χ2v) is 6.18. The maximum atomic E-state index is 4.09. The van der Waals surface area contributed by atoms with Crippen molar-refractivity contribution in [2.24, 2.45) is 5.41 Å². The van der Waals surface area contributed by atoms with Crippen LogP contribution in [-0.2, 0) is 6.54 Å². The molecule has 4 heteroatoms. The largest absolute Gasteiger partial charge is 0.316 e. The third-order valence-corrected chi connectivity index (χ3v) is 4.76. The summed E-state index contributed by atoms with van der Waals surface area (Å²) in [4.78, 5) is 2.60. The molecule has 1 aromatic carbocycles. The van der Waals surface area contributed by atoms with E-state index in [-0.39, 0.29) is 0 Å². The van der Waals surface area contributed by atoms with Gasteiger partial charge in [-0.1, -0.05) is 12.1 Å². The van der Waals surface area contributed by atoms with Crippen molar-refractivity contribution < 1.29 is 0 Å². The number of hydrogen-bond donors (Lipinski definition) is 2. The summed E-state index contributed by atoms with van der Waals surface area (Å²) in [5.41, 5.74) is 3.10. The lowest BCUT2D eigenvalue weighted by Gasteiger charge is -2.22. The van der Waals surface area contributed by atoms with Crippen molar-refractivity contribution in [3.63, 3.8) is 0 Å². The minimum absolute atomic E-state index is 0.568. The van der Waals surface area contributed by atoms with Crippen LogP contribution in [0, 0.1) is 5.41 Å². The Bertz CT molecular complexity index is 583. The smallest absolute Gasteiger partial charge is 0.0653 e. The molecule has 0 radical (unpaired) electrons. The molecule has 3 heterocycles. The van der Waals surface area contributed by atoms with Gasteiger partial charge in [0.25, 0.3) is 0 Å². The first-order valence-corrected chi connectivity index (χ1v) is 7.18. The molecule has 4 nitrogen and oxygen atoms in total. The average Bonchev–Trinajstić information content (AvgIpc) is 3.12. The second kappa shape index (κ2) is 4.32. The maximum absolute atomic E-state index is 4.09. The number of aromatic nitrogens is 2. The van der Waals surface area contributed by atoms with Gasteiger partial charge in [0.2, 0.25) is 0 Å². The molecule has 2 aromatic rings. The number of nitrogens with zero attached hydrogens (tertiary/aromatic N) is 2. The van der Waals surface area contributed by atoms with E-state index in [1.54, 1.807) is 0 Å². The van der Waals surface area contributed by atoms with Gasteiger partial charge in [0.15, 0.2) is 0 Å². The number of nitrogens with one attached hydrogen (secondary N) is 2.